The van der Waals surface area contributed by atoms with Crippen LogP contribution in [0.3, 0.4) is 0 Å². The maximum absolute atomic E-state index is 13.4. The van der Waals surface area contributed by atoms with E-state index in [1.165, 1.54) is 29.8 Å². The molecule has 1 N–H and O–H groups in total. The number of para-hydroxylation sites is 1. The lowest BCUT2D eigenvalue weighted by Gasteiger charge is -2.43. The third-order valence-electron chi connectivity index (χ3n) is 7.46. The summed E-state index contributed by atoms with van der Waals surface area (Å²) in [6.07, 6.45) is 6.53. The number of methoxy groups -OCH3 is 1. The molecule has 0 radical (unpaired) electrons. The van der Waals surface area contributed by atoms with Crippen LogP contribution in [0.2, 0.25) is 0 Å². The highest BCUT2D eigenvalue weighted by molar-refractivity contribution is 5.91. The lowest BCUT2D eigenvalue weighted by atomic mass is 9.84. The zero-order chi connectivity index (χ0) is 24.8. The van der Waals surface area contributed by atoms with Gasteiger partial charge in [-0.05, 0) is 86.0 Å². The van der Waals surface area contributed by atoms with Gasteiger partial charge in [0.2, 0.25) is 5.91 Å². The number of ether oxygens (including phenoxy) is 1. The Morgan fingerprint density at radius 1 is 1.06 bits per heavy atom. The molecule has 2 aliphatic heterocycles. The van der Waals surface area contributed by atoms with Crippen molar-refractivity contribution >= 4 is 12.0 Å². The molecule has 35 heavy (non-hydrogen) atoms. The van der Waals surface area contributed by atoms with Crippen molar-refractivity contribution in [3.05, 3.63) is 71.3 Å². The average Bonchev–Trinajstić information content (AvgIpc) is 2.88. The first kappa shape index (κ1) is 25.3. The number of piperidine rings is 2. The minimum Gasteiger partial charge on any atom is -0.496 e. The summed E-state index contributed by atoms with van der Waals surface area (Å²) in [7, 11) is 1.71. The maximum Gasteiger partial charge on any atom is 0.246 e. The molecule has 0 aliphatic carbocycles. The molecule has 2 saturated heterocycles. The second-order valence-corrected chi connectivity index (χ2v) is 9.50. The van der Waals surface area contributed by atoms with E-state index in [2.05, 4.69) is 17.0 Å². The van der Waals surface area contributed by atoms with Crippen molar-refractivity contribution in [2.24, 2.45) is 5.92 Å². The number of likely N-dealkylation sites (tertiary alicyclic amines) is 2. The van der Waals surface area contributed by atoms with Crippen LogP contribution in [0.5, 0.6) is 5.75 Å². The first-order chi connectivity index (χ1) is 17.0. The standard InChI is InChI=1S/C28H34F2N2O3/c1-35-27-5-3-2-4-25(27)21-8-12-31(13-9-21)26(19-33)22-10-14-32(15-11-22)28(34)7-6-20-16-23(29)18-24(30)17-20/h2-7,16-18,21-22,26,33H,8-15,19H2,1H3/b7-6+. The van der Waals surface area contributed by atoms with Gasteiger partial charge in [0.25, 0.3) is 0 Å². The molecule has 0 saturated carbocycles. The molecule has 0 aromatic heterocycles. The number of hydrogen-bond acceptors (Lipinski definition) is 4. The van der Waals surface area contributed by atoms with Gasteiger partial charge < -0.3 is 14.7 Å². The summed E-state index contributed by atoms with van der Waals surface area (Å²) in [6.45, 7) is 3.20. The van der Waals surface area contributed by atoms with Crippen molar-refractivity contribution in [1.82, 2.24) is 9.80 Å². The number of nitrogens with zero attached hydrogens (tertiary/aromatic N) is 2. The SMILES string of the molecule is COc1ccccc1C1CCN(C(CO)C2CCN(C(=O)/C=C/c3cc(F)cc(F)c3)CC2)CC1. The second-order valence-electron chi connectivity index (χ2n) is 9.50. The smallest absolute Gasteiger partial charge is 0.246 e. The minimum absolute atomic E-state index is 0.0942. The van der Waals surface area contributed by atoms with Gasteiger partial charge in [-0.1, -0.05) is 18.2 Å². The van der Waals surface area contributed by atoms with E-state index in [0.29, 0.717) is 30.5 Å². The predicted octanol–water partition coefficient (Wildman–Crippen LogP) is 4.47. The highest BCUT2D eigenvalue weighted by Crippen LogP contribution is 2.36. The van der Waals surface area contributed by atoms with E-state index in [4.69, 9.17) is 4.74 Å². The molecule has 1 atom stereocenters. The first-order valence-corrected chi connectivity index (χ1v) is 12.4. The molecule has 1 unspecified atom stereocenters. The Labute approximate surface area is 206 Å². The monoisotopic (exact) mass is 484 g/mol. The quantitative estimate of drug-likeness (QED) is 0.590. The van der Waals surface area contributed by atoms with E-state index < -0.39 is 11.6 Å². The Bertz CT molecular complexity index is 1010. The number of carbonyl (C=O) groups excluding carboxylic acids is 1. The number of aliphatic hydroxyl groups is 1. The van der Waals surface area contributed by atoms with Crippen molar-refractivity contribution in [2.45, 2.75) is 37.6 Å². The number of aliphatic hydroxyl groups excluding tert-OH is 1. The van der Waals surface area contributed by atoms with Crippen LogP contribution >= 0.6 is 0 Å². The molecule has 7 heteroatoms. The lowest BCUT2D eigenvalue weighted by Crippen LogP contribution is -2.50. The van der Waals surface area contributed by atoms with Crippen molar-refractivity contribution in [2.75, 3.05) is 39.9 Å². The Balaban J connectivity index is 1.29. The van der Waals surface area contributed by atoms with Crippen LogP contribution in [0.25, 0.3) is 6.08 Å². The van der Waals surface area contributed by atoms with E-state index >= 15 is 0 Å². The summed E-state index contributed by atoms with van der Waals surface area (Å²) in [5.41, 5.74) is 1.58. The number of rotatable bonds is 7. The highest BCUT2D eigenvalue weighted by atomic mass is 19.1. The van der Waals surface area contributed by atoms with Crippen LogP contribution in [0.1, 0.15) is 42.7 Å². The number of carbonyl (C=O) groups is 1. The van der Waals surface area contributed by atoms with Crippen LogP contribution in [0.15, 0.2) is 48.5 Å². The Morgan fingerprint density at radius 3 is 2.34 bits per heavy atom. The van der Waals surface area contributed by atoms with E-state index in [1.807, 2.05) is 12.1 Å². The molecule has 0 spiro atoms. The van der Waals surface area contributed by atoms with Crippen LogP contribution < -0.4 is 4.74 Å². The van der Waals surface area contributed by atoms with Gasteiger partial charge >= 0.3 is 0 Å². The molecule has 2 aromatic rings. The molecule has 2 heterocycles. The molecule has 5 nitrogen and oxygen atoms in total. The van der Waals surface area contributed by atoms with Gasteiger partial charge in [-0.3, -0.25) is 9.69 Å². The van der Waals surface area contributed by atoms with Crippen LogP contribution in [0, 0.1) is 17.6 Å². The van der Waals surface area contributed by atoms with Gasteiger partial charge in [-0.25, -0.2) is 8.78 Å². The summed E-state index contributed by atoms with van der Waals surface area (Å²) in [5, 5.41) is 10.2. The van der Waals surface area contributed by atoms with Crippen molar-refractivity contribution in [3.63, 3.8) is 0 Å². The second kappa shape index (κ2) is 11.8. The first-order valence-electron chi connectivity index (χ1n) is 12.4. The molecule has 1 amide bonds. The van der Waals surface area contributed by atoms with Crippen LogP contribution in [0.4, 0.5) is 8.78 Å². The van der Waals surface area contributed by atoms with Crippen LogP contribution in [-0.2, 0) is 4.79 Å². The van der Waals surface area contributed by atoms with E-state index in [1.54, 1.807) is 12.0 Å². The van der Waals surface area contributed by atoms with Crippen molar-refractivity contribution in [1.29, 1.82) is 0 Å². The van der Waals surface area contributed by atoms with Gasteiger partial charge in [0.05, 0.1) is 13.7 Å². The zero-order valence-electron chi connectivity index (χ0n) is 20.2. The Morgan fingerprint density at radius 2 is 1.71 bits per heavy atom. The van der Waals surface area contributed by atoms with Gasteiger partial charge in [-0.2, -0.15) is 0 Å². The lowest BCUT2D eigenvalue weighted by molar-refractivity contribution is -0.127. The highest BCUT2D eigenvalue weighted by Gasteiger charge is 2.33. The third-order valence-corrected chi connectivity index (χ3v) is 7.46. The maximum atomic E-state index is 13.4. The summed E-state index contributed by atoms with van der Waals surface area (Å²) in [4.78, 5) is 16.8. The molecule has 188 valence electrons. The number of benzene rings is 2. The largest absolute Gasteiger partial charge is 0.496 e. The van der Waals surface area contributed by atoms with E-state index in [-0.39, 0.29) is 18.6 Å². The summed E-state index contributed by atoms with van der Waals surface area (Å²) >= 11 is 0. The number of amides is 1. The molecule has 2 fully saturated rings. The predicted molar refractivity (Wildman–Crippen MR) is 132 cm³/mol. The fourth-order valence-corrected chi connectivity index (χ4v) is 5.56. The number of hydrogen-bond donors (Lipinski definition) is 1. The average molecular weight is 485 g/mol. The fourth-order valence-electron chi connectivity index (χ4n) is 5.56. The Kier molecular flexibility index (Phi) is 8.52. The van der Waals surface area contributed by atoms with Gasteiger partial charge in [-0.15, -0.1) is 0 Å². The fraction of sp³-hybridized carbons (Fsp3) is 0.464. The van der Waals surface area contributed by atoms with Gasteiger partial charge in [0, 0.05) is 31.3 Å². The van der Waals surface area contributed by atoms with Gasteiger partial charge in [0.15, 0.2) is 0 Å². The zero-order valence-corrected chi connectivity index (χ0v) is 20.2. The summed E-state index contributed by atoms with van der Waals surface area (Å²) in [6, 6.07) is 11.5. The molecule has 4 rings (SSSR count). The minimum atomic E-state index is -0.667. The number of halogens is 2. The van der Waals surface area contributed by atoms with Crippen molar-refractivity contribution < 1.29 is 23.4 Å². The third kappa shape index (κ3) is 6.27. The molecule has 2 aliphatic rings. The normalized spacial score (nSPS) is 19.3. The molecule has 2 aromatic carbocycles. The van der Waals surface area contributed by atoms with Crippen molar-refractivity contribution in [3.8, 4) is 5.75 Å². The Hall–Kier alpha value is -2.77. The topological polar surface area (TPSA) is 53.0 Å². The molecule has 0 bridgehead atoms. The van der Waals surface area contributed by atoms with E-state index in [0.717, 1.165) is 50.6 Å². The summed E-state index contributed by atoms with van der Waals surface area (Å²) in [5.74, 6) is 0.233. The summed E-state index contributed by atoms with van der Waals surface area (Å²) < 4.78 is 32.3. The van der Waals surface area contributed by atoms with Gasteiger partial charge in [0.1, 0.15) is 17.4 Å². The molecular weight excluding hydrogens is 450 g/mol. The van der Waals surface area contributed by atoms with Crippen LogP contribution in [-0.4, -0.2) is 66.8 Å². The molecular formula is C28H34F2N2O3. The van der Waals surface area contributed by atoms with E-state index in [9.17, 15) is 18.7 Å².